The van der Waals surface area contributed by atoms with Crippen molar-refractivity contribution in [1.82, 2.24) is 4.98 Å². The predicted molar refractivity (Wildman–Crippen MR) is 43.3 cm³/mol. The second-order valence-electron chi connectivity index (χ2n) is 2.43. The normalized spacial score (nSPS) is 10.1. The molecule has 1 aromatic heterocycles. The van der Waals surface area contributed by atoms with Crippen molar-refractivity contribution in [1.29, 1.82) is 0 Å². The molecule has 3 nitrogen and oxygen atoms in total. The summed E-state index contributed by atoms with van der Waals surface area (Å²) in [6, 6.07) is 0.727. The van der Waals surface area contributed by atoms with E-state index in [-0.39, 0.29) is 12.5 Å². The minimum Gasteiger partial charge on any atom is -0.476 e. The Morgan fingerprint density at radius 1 is 1.46 bits per heavy atom. The maximum atomic E-state index is 12.8. The Bertz CT molecular complexity index is 281. The molecule has 2 N–H and O–H groups in total. The quantitative estimate of drug-likeness (QED) is 0.719. The largest absolute Gasteiger partial charge is 0.476 e. The fourth-order valence-corrected chi connectivity index (χ4v) is 0.760. The van der Waals surface area contributed by atoms with Crippen molar-refractivity contribution in [2.24, 2.45) is 5.73 Å². The lowest BCUT2D eigenvalue weighted by Crippen LogP contribution is -2.07. The SMILES string of the molecule is NCCCOc1ncc(F)cc1F. The summed E-state index contributed by atoms with van der Waals surface area (Å²) in [5, 5.41) is 0. The Morgan fingerprint density at radius 3 is 2.85 bits per heavy atom. The number of halogens is 2. The number of nitrogens with zero attached hydrogens (tertiary/aromatic N) is 1. The minimum atomic E-state index is -0.794. The molecule has 72 valence electrons. The zero-order valence-electron chi connectivity index (χ0n) is 6.96. The molecule has 0 aliphatic heterocycles. The van der Waals surface area contributed by atoms with E-state index in [0.717, 1.165) is 12.3 Å². The van der Waals surface area contributed by atoms with Crippen molar-refractivity contribution in [3.05, 3.63) is 23.9 Å². The van der Waals surface area contributed by atoms with Gasteiger partial charge in [0.15, 0.2) is 5.82 Å². The summed E-state index contributed by atoms with van der Waals surface area (Å²) in [5.41, 5.74) is 5.20. The number of ether oxygens (including phenoxy) is 1. The van der Waals surface area contributed by atoms with Crippen LogP contribution in [0.2, 0.25) is 0 Å². The Kier molecular flexibility index (Phi) is 3.57. The van der Waals surface area contributed by atoms with E-state index in [1.165, 1.54) is 0 Å². The van der Waals surface area contributed by atoms with Crippen molar-refractivity contribution in [2.75, 3.05) is 13.2 Å². The van der Waals surface area contributed by atoms with Crippen LogP contribution in [0.3, 0.4) is 0 Å². The molecule has 1 heterocycles. The molecule has 0 aromatic carbocycles. The number of aromatic nitrogens is 1. The van der Waals surface area contributed by atoms with Crippen molar-refractivity contribution >= 4 is 0 Å². The molecule has 1 rings (SSSR count). The van der Waals surface area contributed by atoms with Gasteiger partial charge in [0.1, 0.15) is 5.82 Å². The average molecular weight is 188 g/mol. The van der Waals surface area contributed by atoms with E-state index in [1.54, 1.807) is 0 Å². The van der Waals surface area contributed by atoms with Gasteiger partial charge in [-0.15, -0.1) is 0 Å². The lowest BCUT2D eigenvalue weighted by molar-refractivity contribution is 0.283. The van der Waals surface area contributed by atoms with Gasteiger partial charge in [0.05, 0.1) is 12.8 Å². The second kappa shape index (κ2) is 4.71. The van der Waals surface area contributed by atoms with Crippen LogP contribution in [0, 0.1) is 11.6 Å². The van der Waals surface area contributed by atoms with Crippen LogP contribution >= 0.6 is 0 Å². The van der Waals surface area contributed by atoms with Gasteiger partial charge in [-0.25, -0.2) is 13.8 Å². The van der Waals surface area contributed by atoms with Gasteiger partial charge in [0, 0.05) is 6.07 Å². The summed E-state index contributed by atoms with van der Waals surface area (Å²) in [5.74, 6) is -1.70. The molecule has 0 saturated heterocycles. The molecule has 0 aliphatic rings. The van der Waals surface area contributed by atoms with Crippen molar-refractivity contribution in [2.45, 2.75) is 6.42 Å². The van der Waals surface area contributed by atoms with Gasteiger partial charge >= 0.3 is 0 Å². The van der Waals surface area contributed by atoms with Gasteiger partial charge < -0.3 is 10.5 Å². The predicted octanol–water partition coefficient (Wildman–Crippen LogP) is 1.09. The van der Waals surface area contributed by atoms with Crippen LogP contribution in [-0.4, -0.2) is 18.1 Å². The molecule has 0 amide bonds. The molecule has 0 radical (unpaired) electrons. The molecular weight excluding hydrogens is 178 g/mol. The number of hydrogen-bond donors (Lipinski definition) is 1. The number of pyridine rings is 1. The number of rotatable bonds is 4. The Labute approximate surface area is 74.5 Å². The van der Waals surface area contributed by atoms with Crippen LogP contribution in [0.5, 0.6) is 5.88 Å². The highest BCUT2D eigenvalue weighted by Crippen LogP contribution is 2.13. The average Bonchev–Trinajstić information content (AvgIpc) is 2.09. The van der Waals surface area contributed by atoms with Crippen LogP contribution < -0.4 is 10.5 Å². The first kappa shape index (κ1) is 9.85. The van der Waals surface area contributed by atoms with Gasteiger partial charge in [-0.3, -0.25) is 0 Å². The standard InChI is InChI=1S/C8H10F2N2O/c9-6-4-7(10)8(12-5-6)13-3-1-2-11/h4-5H,1-3,11H2. The van der Waals surface area contributed by atoms with Crippen LogP contribution in [-0.2, 0) is 0 Å². The fourth-order valence-electron chi connectivity index (χ4n) is 0.760. The summed E-state index contributed by atoms with van der Waals surface area (Å²) < 4.78 is 30.1. The molecule has 0 aliphatic carbocycles. The molecule has 0 spiro atoms. The molecule has 0 fully saturated rings. The fraction of sp³-hybridized carbons (Fsp3) is 0.375. The summed E-state index contributed by atoms with van der Waals surface area (Å²) in [6.45, 7) is 0.745. The third kappa shape index (κ3) is 2.95. The van der Waals surface area contributed by atoms with Crippen LogP contribution in [0.25, 0.3) is 0 Å². The van der Waals surface area contributed by atoms with Gasteiger partial charge in [-0.1, -0.05) is 0 Å². The van der Waals surface area contributed by atoms with Gasteiger partial charge in [-0.05, 0) is 13.0 Å². The first-order valence-electron chi connectivity index (χ1n) is 3.88. The first-order valence-corrected chi connectivity index (χ1v) is 3.88. The smallest absolute Gasteiger partial charge is 0.250 e. The Balaban J connectivity index is 2.56. The molecule has 1 aromatic rings. The minimum absolute atomic E-state index is 0.185. The molecule has 0 bridgehead atoms. The first-order chi connectivity index (χ1) is 6.24. The van der Waals surface area contributed by atoms with E-state index in [0.29, 0.717) is 13.0 Å². The molecule has 5 heteroatoms. The third-order valence-electron chi connectivity index (χ3n) is 1.36. The maximum absolute atomic E-state index is 12.8. The number of hydrogen-bond acceptors (Lipinski definition) is 3. The van der Waals surface area contributed by atoms with Crippen molar-refractivity contribution in [3.63, 3.8) is 0 Å². The highest BCUT2D eigenvalue weighted by molar-refractivity contribution is 5.13. The van der Waals surface area contributed by atoms with Gasteiger partial charge in [0.25, 0.3) is 5.88 Å². The Morgan fingerprint density at radius 2 is 2.23 bits per heavy atom. The van der Waals surface area contributed by atoms with E-state index in [9.17, 15) is 8.78 Å². The zero-order chi connectivity index (χ0) is 9.68. The lowest BCUT2D eigenvalue weighted by Gasteiger charge is -2.04. The summed E-state index contributed by atoms with van der Waals surface area (Å²) >= 11 is 0. The van der Waals surface area contributed by atoms with Gasteiger partial charge in [-0.2, -0.15) is 0 Å². The molecule has 13 heavy (non-hydrogen) atoms. The summed E-state index contributed by atoms with van der Waals surface area (Å²) in [4.78, 5) is 3.44. The lowest BCUT2D eigenvalue weighted by atomic mass is 10.4. The van der Waals surface area contributed by atoms with Crippen LogP contribution in [0.4, 0.5) is 8.78 Å². The second-order valence-corrected chi connectivity index (χ2v) is 2.43. The van der Waals surface area contributed by atoms with Crippen molar-refractivity contribution in [3.8, 4) is 5.88 Å². The van der Waals surface area contributed by atoms with E-state index < -0.39 is 11.6 Å². The number of nitrogens with two attached hydrogens (primary N) is 1. The maximum Gasteiger partial charge on any atom is 0.250 e. The van der Waals surface area contributed by atoms with E-state index in [2.05, 4.69) is 4.98 Å². The van der Waals surface area contributed by atoms with Crippen molar-refractivity contribution < 1.29 is 13.5 Å². The van der Waals surface area contributed by atoms with Gasteiger partial charge in [0.2, 0.25) is 0 Å². The molecular formula is C8H10F2N2O. The third-order valence-corrected chi connectivity index (χ3v) is 1.36. The summed E-state index contributed by atoms with van der Waals surface area (Å²) in [6.07, 6.45) is 1.51. The monoisotopic (exact) mass is 188 g/mol. The summed E-state index contributed by atoms with van der Waals surface area (Å²) in [7, 11) is 0. The Hall–Kier alpha value is -1.23. The topological polar surface area (TPSA) is 48.1 Å². The van der Waals surface area contributed by atoms with E-state index in [4.69, 9.17) is 10.5 Å². The van der Waals surface area contributed by atoms with E-state index in [1.807, 2.05) is 0 Å². The van der Waals surface area contributed by atoms with E-state index >= 15 is 0 Å². The molecule has 0 atom stereocenters. The zero-order valence-corrected chi connectivity index (χ0v) is 6.96. The highest BCUT2D eigenvalue weighted by Gasteiger charge is 2.05. The van der Waals surface area contributed by atoms with Crippen LogP contribution in [0.15, 0.2) is 12.3 Å². The molecule has 0 unspecified atom stereocenters. The molecule has 0 saturated carbocycles. The van der Waals surface area contributed by atoms with Crippen LogP contribution in [0.1, 0.15) is 6.42 Å². The highest BCUT2D eigenvalue weighted by atomic mass is 19.1.